The third-order valence-corrected chi connectivity index (χ3v) is 3.67. The number of aryl methyl sites for hydroxylation is 1. The Morgan fingerprint density at radius 2 is 2.10 bits per heavy atom. The predicted molar refractivity (Wildman–Crippen MR) is 84.9 cm³/mol. The molecule has 1 N–H and O–H groups in total. The van der Waals surface area contributed by atoms with Gasteiger partial charge in [-0.1, -0.05) is 19.1 Å². The molecule has 112 valence electrons. The van der Waals surface area contributed by atoms with Crippen LogP contribution in [0.4, 0.5) is 4.39 Å². The summed E-state index contributed by atoms with van der Waals surface area (Å²) in [6.45, 7) is 5.16. The van der Waals surface area contributed by atoms with Gasteiger partial charge in [-0.3, -0.25) is 4.98 Å². The van der Waals surface area contributed by atoms with Crippen molar-refractivity contribution in [1.29, 1.82) is 0 Å². The monoisotopic (exact) mass is 286 g/mol. The van der Waals surface area contributed by atoms with Crippen LogP contribution in [0, 0.1) is 12.7 Å². The Balaban J connectivity index is 2.10. The minimum Gasteiger partial charge on any atom is -0.313 e. The van der Waals surface area contributed by atoms with Crippen LogP contribution in [0.2, 0.25) is 0 Å². The average Bonchev–Trinajstić information content (AvgIpc) is 2.49. The largest absolute Gasteiger partial charge is 0.313 e. The highest BCUT2D eigenvalue weighted by atomic mass is 19.1. The molecule has 1 atom stereocenters. The van der Waals surface area contributed by atoms with Crippen LogP contribution in [0.15, 0.2) is 42.7 Å². The highest BCUT2D eigenvalue weighted by molar-refractivity contribution is 5.28. The van der Waals surface area contributed by atoms with E-state index in [1.54, 1.807) is 12.3 Å². The molecule has 0 radical (unpaired) electrons. The summed E-state index contributed by atoms with van der Waals surface area (Å²) in [7, 11) is 0. The van der Waals surface area contributed by atoms with E-state index in [-0.39, 0.29) is 5.82 Å². The van der Waals surface area contributed by atoms with Crippen molar-refractivity contribution >= 4 is 0 Å². The van der Waals surface area contributed by atoms with Gasteiger partial charge in [0.25, 0.3) is 0 Å². The van der Waals surface area contributed by atoms with Crippen LogP contribution in [0.25, 0.3) is 0 Å². The Hall–Kier alpha value is -1.74. The van der Waals surface area contributed by atoms with Gasteiger partial charge < -0.3 is 5.32 Å². The maximum absolute atomic E-state index is 13.4. The number of nitrogens with one attached hydrogen (secondary N) is 1. The van der Waals surface area contributed by atoms with Crippen LogP contribution in [-0.2, 0) is 12.8 Å². The number of hydrogen-bond acceptors (Lipinski definition) is 2. The van der Waals surface area contributed by atoms with Gasteiger partial charge in [0.15, 0.2) is 0 Å². The lowest BCUT2D eigenvalue weighted by molar-refractivity contribution is 0.502. The fraction of sp³-hybridized carbons (Fsp3) is 0.389. The summed E-state index contributed by atoms with van der Waals surface area (Å²) in [5, 5.41) is 3.56. The van der Waals surface area contributed by atoms with Gasteiger partial charge in [0, 0.05) is 18.4 Å². The zero-order valence-corrected chi connectivity index (χ0v) is 12.8. The fourth-order valence-corrected chi connectivity index (χ4v) is 2.49. The van der Waals surface area contributed by atoms with Crippen LogP contribution >= 0.6 is 0 Å². The highest BCUT2D eigenvalue weighted by Crippen LogP contribution is 2.14. The Bertz CT molecular complexity index is 554. The number of aromatic nitrogens is 1. The lowest BCUT2D eigenvalue weighted by atomic mass is 9.96. The van der Waals surface area contributed by atoms with Crippen LogP contribution in [0.1, 0.15) is 30.0 Å². The molecule has 0 spiro atoms. The Labute approximate surface area is 126 Å². The molecule has 1 aromatic heterocycles. The number of hydrogen-bond donors (Lipinski definition) is 1. The van der Waals surface area contributed by atoms with Crippen LogP contribution < -0.4 is 5.32 Å². The van der Waals surface area contributed by atoms with Crippen LogP contribution in [-0.4, -0.2) is 17.6 Å². The second kappa shape index (κ2) is 7.89. The van der Waals surface area contributed by atoms with E-state index in [1.165, 1.54) is 11.6 Å². The van der Waals surface area contributed by atoms with E-state index in [4.69, 9.17) is 0 Å². The number of benzene rings is 1. The SMILES string of the molecule is CCCNC(Cc1cccnc1)Cc1cc(F)ccc1C. The van der Waals surface area contributed by atoms with Gasteiger partial charge in [-0.05, 0) is 67.6 Å². The zero-order chi connectivity index (χ0) is 15.1. The van der Waals surface area contributed by atoms with Crippen molar-refractivity contribution in [3.05, 3.63) is 65.2 Å². The molecular formula is C18H23FN2. The molecule has 2 rings (SSSR count). The number of rotatable bonds is 7. The molecule has 1 aromatic carbocycles. The van der Waals surface area contributed by atoms with Crippen molar-refractivity contribution in [3.63, 3.8) is 0 Å². The van der Waals surface area contributed by atoms with Crippen molar-refractivity contribution in [2.75, 3.05) is 6.54 Å². The molecule has 0 aliphatic heterocycles. The molecule has 0 bridgehead atoms. The Morgan fingerprint density at radius 3 is 2.81 bits per heavy atom. The summed E-state index contributed by atoms with van der Waals surface area (Å²) >= 11 is 0. The zero-order valence-electron chi connectivity index (χ0n) is 12.8. The van der Waals surface area contributed by atoms with Crippen molar-refractivity contribution in [2.45, 2.75) is 39.2 Å². The van der Waals surface area contributed by atoms with Gasteiger partial charge in [-0.15, -0.1) is 0 Å². The molecule has 0 aliphatic rings. The molecule has 1 heterocycles. The first kappa shape index (κ1) is 15.6. The summed E-state index contributed by atoms with van der Waals surface area (Å²) < 4.78 is 13.4. The Kier molecular flexibility index (Phi) is 5.88. The van der Waals surface area contributed by atoms with Crippen LogP contribution in [0.5, 0.6) is 0 Å². The first-order valence-electron chi connectivity index (χ1n) is 7.56. The van der Waals surface area contributed by atoms with E-state index in [9.17, 15) is 4.39 Å². The third-order valence-electron chi connectivity index (χ3n) is 3.67. The number of halogens is 1. The molecule has 2 nitrogen and oxygen atoms in total. The highest BCUT2D eigenvalue weighted by Gasteiger charge is 2.12. The molecule has 0 saturated heterocycles. The molecule has 0 amide bonds. The van der Waals surface area contributed by atoms with E-state index >= 15 is 0 Å². The first-order chi connectivity index (χ1) is 10.2. The number of nitrogens with zero attached hydrogens (tertiary/aromatic N) is 1. The molecular weight excluding hydrogens is 263 g/mol. The Morgan fingerprint density at radius 1 is 1.24 bits per heavy atom. The summed E-state index contributed by atoms with van der Waals surface area (Å²) in [5.41, 5.74) is 3.43. The van der Waals surface area contributed by atoms with Crippen molar-refractivity contribution in [2.24, 2.45) is 0 Å². The third kappa shape index (κ3) is 4.94. The van der Waals surface area contributed by atoms with E-state index in [0.29, 0.717) is 6.04 Å². The molecule has 0 fully saturated rings. The van der Waals surface area contributed by atoms with Gasteiger partial charge in [-0.25, -0.2) is 4.39 Å². The lowest BCUT2D eigenvalue weighted by Gasteiger charge is -2.20. The number of pyridine rings is 1. The molecule has 0 aliphatic carbocycles. The minimum absolute atomic E-state index is 0.161. The molecule has 3 heteroatoms. The summed E-state index contributed by atoms with van der Waals surface area (Å²) in [6, 6.07) is 9.37. The quantitative estimate of drug-likeness (QED) is 0.840. The standard InChI is InChI=1S/C18H23FN2/c1-3-8-21-18(10-15-5-4-9-20-13-15)12-16-11-17(19)7-6-14(16)2/h4-7,9,11,13,18,21H,3,8,10,12H2,1-2H3. The van der Waals surface area contributed by atoms with Gasteiger partial charge >= 0.3 is 0 Å². The van der Waals surface area contributed by atoms with Crippen molar-refractivity contribution in [1.82, 2.24) is 10.3 Å². The van der Waals surface area contributed by atoms with Crippen LogP contribution in [0.3, 0.4) is 0 Å². The average molecular weight is 286 g/mol. The van der Waals surface area contributed by atoms with Gasteiger partial charge in [-0.2, -0.15) is 0 Å². The molecule has 0 saturated carbocycles. The van der Waals surface area contributed by atoms with E-state index in [1.807, 2.05) is 25.3 Å². The van der Waals surface area contributed by atoms with E-state index in [2.05, 4.69) is 23.3 Å². The maximum Gasteiger partial charge on any atom is 0.123 e. The second-order valence-electron chi connectivity index (χ2n) is 5.49. The second-order valence-corrected chi connectivity index (χ2v) is 5.49. The normalized spacial score (nSPS) is 12.3. The maximum atomic E-state index is 13.4. The van der Waals surface area contributed by atoms with Crippen molar-refractivity contribution < 1.29 is 4.39 Å². The van der Waals surface area contributed by atoms with Gasteiger partial charge in [0.2, 0.25) is 0 Å². The summed E-state index contributed by atoms with van der Waals surface area (Å²) in [6.07, 6.45) is 6.52. The first-order valence-corrected chi connectivity index (χ1v) is 7.56. The molecule has 2 aromatic rings. The van der Waals surface area contributed by atoms with Gasteiger partial charge in [0.1, 0.15) is 5.82 Å². The fourth-order valence-electron chi connectivity index (χ4n) is 2.49. The minimum atomic E-state index is -0.161. The topological polar surface area (TPSA) is 24.9 Å². The molecule has 21 heavy (non-hydrogen) atoms. The predicted octanol–water partition coefficient (Wildman–Crippen LogP) is 3.68. The summed E-state index contributed by atoms with van der Waals surface area (Å²) in [5.74, 6) is -0.161. The van der Waals surface area contributed by atoms with Crippen molar-refractivity contribution in [3.8, 4) is 0 Å². The lowest BCUT2D eigenvalue weighted by Crippen LogP contribution is -2.34. The smallest absolute Gasteiger partial charge is 0.123 e. The van der Waals surface area contributed by atoms with E-state index < -0.39 is 0 Å². The summed E-state index contributed by atoms with van der Waals surface area (Å²) in [4.78, 5) is 4.17. The van der Waals surface area contributed by atoms with Gasteiger partial charge in [0.05, 0.1) is 0 Å². The van der Waals surface area contributed by atoms with E-state index in [0.717, 1.165) is 36.9 Å². The molecule has 1 unspecified atom stereocenters.